The van der Waals surface area contributed by atoms with E-state index in [4.69, 9.17) is 10.5 Å². The summed E-state index contributed by atoms with van der Waals surface area (Å²) < 4.78 is 5.39. The third-order valence-electron chi connectivity index (χ3n) is 3.71. The second kappa shape index (κ2) is 5.20. The largest absolute Gasteiger partial charge is 0.381 e. The van der Waals surface area contributed by atoms with Crippen LogP contribution in [0.1, 0.15) is 19.3 Å². The zero-order chi connectivity index (χ0) is 14.1. The van der Waals surface area contributed by atoms with Gasteiger partial charge in [0.25, 0.3) is 0 Å². The van der Waals surface area contributed by atoms with Gasteiger partial charge in [0.2, 0.25) is 11.8 Å². The molecule has 2 aliphatic rings. The van der Waals surface area contributed by atoms with Gasteiger partial charge < -0.3 is 15.4 Å². The molecule has 1 aliphatic heterocycles. The predicted octanol–water partition coefficient (Wildman–Crippen LogP) is 0.972. The Labute approximate surface area is 116 Å². The first-order valence-corrected chi connectivity index (χ1v) is 6.76. The summed E-state index contributed by atoms with van der Waals surface area (Å²) >= 11 is 0. The van der Waals surface area contributed by atoms with E-state index in [1.807, 2.05) is 0 Å². The Balaban J connectivity index is 1.80. The fourth-order valence-electron chi connectivity index (χ4n) is 2.44. The molecule has 2 N–H and O–H groups in total. The molecule has 1 atom stereocenters. The van der Waals surface area contributed by atoms with E-state index < -0.39 is 4.92 Å². The van der Waals surface area contributed by atoms with Crippen molar-refractivity contribution in [1.29, 1.82) is 0 Å². The summed E-state index contributed by atoms with van der Waals surface area (Å²) in [5, 5.41) is 10.7. The number of anilines is 2. The molecule has 2 heterocycles. The quantitative estimate of drug-likeness (QED) is 0.632. The molecule has 0 bridgehead atoms. The van der Waals surface area contributed by atoms with Crippen molar-refractivity contribution < 1.29 is 9.66 Å². The summed E-state index contributed by atoms with van der Waals surface area (Å²) in [6.45, 7) is 2.38. The van der Waals surface area contributed by atoms with Crippen LogP contribution in [0.15, 0.2) is 6.20 Å². The van der Waals surface area contributed by atoms with Crippen LogP contribution in [0.3, 0.4) is 0 Å². The summed E-state index contributed by atoms with van der Waals surface area (Å²) in [6, 6.07) is 0.427. The van der Waals surface area contributed by atoms with Gasteiger partial charge in [0, 0.05) is 25.1 Å². The van der Waals surface area contributed by atoms with Crippen LogP contribution in [0.4, 0.5) is 17.5 Å². The second-order valence-corrected chi connectivity index (χ2v) is 5.31. The van der Waals surface area contributed by atoms with Gasteiger partial charge in [0.1, 0.15) is 6.20 Å². The Kier molecular flexibility index (Phi) is 3.39. The third-order valence-corrected chi connectivity index (χ3v) is 3.71. The minimum Gasteiger partial charge on any atom is -0.381 e. The minimum absolute atomic E-state index is 0.0756. The molecular formula is C12H17N5O3. The molecule has 0 spiro atoms. The third kappa shape index (κ3) is 2.64. The van der Waals surface area contributed by atoms with Crippen molar-refractivity contribution in [2.75, 3.05) is 30.4 Å². The number of nitrogens with two attached hydrogens (primary N) is 1. The highest BCUT2D eigenvalue weighted by atomic mass is 16.6. The molecule has 0 unspecified atom stereocenters. The van der Waals surface area contributed by atoms with Crippen molar-refractivity contribution in [2.24, 2.45) is 5.92 Å². The molecule has 0 aromatic carbocycles. The fraction of sp³-hybridized carbons (Fsp3) is 0.667. The van der Waals surface area contributed by atoms with E-state index in [0.29, 0.717) is 17.9 Å². The molecule has 2 fully saturated rings. The van der Waals surface area contributed by atoms with E-state index in [1.54, 1.807) is 0 Å². The van der Waals surface area contributed by atoms with Gasteiger partial charge in [0.05, 0.1) is 11.5 Å². The molecule has 1 aliphatic carbocycles. The van der Waals surface area contributed by atoms with Crippen LogP contribution < -0.4 is 10.6 Å². The standard InChI is InChI=1S/C12H17N5O3/c13-11-10(17(18)19)5-14-12(15-11)16(9-1-2-9)6-8-3-4-20-7-8/h5,8-9H,1-4,6-7H2,(H2,13,14,15)/t8-/m1/s1. The molecule has 1 aromatic heterocycles. The second-order valence-electron chi connectivity index (χ2n) is 5.31. The monoisotopic (exact) mass is 279 g/mol. The molecule has 1 saturated carbocycles. The van der Waals surface area contributed by atoms with Crippen molar-refractivity contribution >= 4 is 17.5 Å². The van der Waals surface area contributed by atoms with Crippen LogP contribution >= 0.6 is 0 Å². The van der Waals surface area contributed by atoms with E-state index in [9.17, 15) is 10.1 Å². The zero-order valence-corrected chi connectivity index (χ0v) is 11.1. The Bertz CT molecular complexity index is 514. The van der Waals surface area contributed by atoms with Crippen molar-refractivity contribution in [3.8, 4) is 0 Å². The Morgan fingerprint density at radius 3 is 2.85 bits per heavy atom. The van der Waals surface area contributed by atoms with Crippen molar-refractivity contribution in [2.45, 2.75) is 25.3 Å². The van der Waals surface area contributed by atoms with E-state index in [0.717, 1.165) is 39.0 Å². The smallest absolute Gasteiger partial charge is 0.329 e. The van der Waals surface area contributed by atoms with Gasteiger partial charge in [-0.15, -0.1) is 0 Å². The summed E-state index contributed by atoms with van der Waals surface area (Å²) in [4.78, 5) is 20.5. The average molecular weight is 279 g/mol. The molecule has 8 heteroatoms. The summed E-state index contributed by atoms with van der Waals surface area (Å²) in [5.74, 6) is 0.881. The highest BCUT2D eigenvalue weighted by Gasteiger charge is 2.34. The number of nitrogens with zero attached hydrogens (tertiary/aromatic N) is 4. The first-order valence-electron chi connectivity index (χ1n) is 6.76. The lowest BCUT2D eigenvalue weighted by Gasteiger charge is -2.24. The Morgan fingerprint density at radius 1 is 1.50 bits per heavy atom. The number of nitro groups is 1. The first kappa shape index (κ1) is 13.0. The number of rotatable bonds is 5. The summed E-state index contributed by atoms with van der Waals surface area (Å²) in [6.07, 6.45) is 4.44. The SMILES string of the molecule is Nc1nc(N(C[C@H]2CCOC2)C2CC2)ncc1[N+](=O)[O-]. The number of hydrogen-bond donors (Lipinski definition) is 1. The predicted molar refractivity (Wildman–Crippen MR) is 72.4 cm³/mol. The maximum Gasteiger partial charge on any atom is 0.329 e. The van der Waals surface area contributed by atoms with Crippen molar-refractivity contribution in [1.82, 2.24) is 9.97 Å². The van der Waals surface area contributed by atoms with Crippen LogP contribution in [-0.4, -0.2) is 40.7 Å². The van der Waals surface area contributed by atoms with E-state index in [-0.39, 0.29) is 11.5 Å². The molecule has 0 amide bonds. The van der Waals surface area contributed by atoms with Gasteiger partial charge in [-0.05, 0) is 19.3 Å². The normalized spacial score (nSPS) is 21.9. The first-order chi connectivity index (χ1) is 9.65. The molecule has 1 saturated heterocycles. The number of hydrogen-bond acceptors (Lipinski definition) is 7. The topological polar surface area (TPSA) is 107 Å². The van der Waals surface area contributed by atoms with Crippen molar-refractivity contribution in [3.05, 3.63) is 16.3 Å². The van der Waals surface area contributed by atoms with Crippen LogP contribution in [0.2, 0.25) is 0 Å². The van der Waals surface area contributed by atoms with E-state index >= 15 is 0 Å². The van der Waals surface area contributed by atoms with Gasteiger partial charge in [-0.1, -0.05) is 0 Å². The Hall–Kier alpha value is -1.96. The van der Waals surface area contributed by atoms with Gasteiger partial charge >= 0.3 is 5.69 Å². The van der Waals surface area contributed by atoms with Crippen LogP contribution in [0, 0.1) is 16.0 Å². The molecule has 108 valence electrons. The summed E-state index contributed by atoms with van der Waals surface area (Å²) in [5.41, 5.74) is 5.40. The van der Waals surface area contributed by atoms with Gasteiger partial charge in [-0.2, -0.15) is 4.98 Å². The summed E-state index contributed by atoms with van der Waals surface area (Å²) in [7, 11) is 0. The highest BCUT2D eigenvalue weighted by Crippen LogP contribution is 2.32. The number of nitrogen functional groups attached to an aromatic ring is 1. The van der Waals surface area contributed by atoms with E-state index in [1.165, 1.54) is 6.20 Å². The van der Waals surface area contributed by atoms with Gasteiger partial charge in [-0.25, -0.2) is 4.98 Å². The van der Waals surface area contributed by atoms with Gasteiger partial charge in [-0.3, -0.25) is 10.1 Å². The molecular weight excluding hydrogens is 262 g/mol. The van der Waals surface area contributed by atoms with Crippen LogP contribution in [-0.2, 0) is 4.74 Å². The molecule has 20 heavy (non-hydrogen) atoms. The lowest BCUT2D eigenvalue weighted by Crippen LogP contribution is -2.33. The highest BCUT2D eigenvalue weighted by molar-refractivity contribution is 5.54. The van der Waals surface area contributed by atoms with Crippen molar-refractivity contribution in [3.63, 3.8) is 0 Å². The van der Waals surface area contributed by atoms with Crippen LogP contribution in [0.25, 0.3) is 0 Å². The molecule has 8 nitrogen and oxygen atoms in total. The zero-order valence-electron chi connectivity index (χ0n) is 11.1. The molecule has 1 aromatic rings. The number of aromatic nitrogens is 2. The maximum atomic E-state index is 10.7. The van der Waals surface area contributed by atoms with Gasteiger partial charge in [0.15, 0.2) is 0 Å². The average Bonchev–Trinajstić information content (AvgIpc) is 3.12. The maximum absolute atomic E-state index is 10.7. The fourth-order valence-corrected chi connectivity index (χ4v) is 2.44. The lowest BCUT2D eigenvalue weighted by atomic mass is 10.1. The van der Waals surface area contributed by atoms with E-state index in [2.05, 4.69) is 14.9 Å². The minimum atomic E-state index is -0.564. The lowest BCUT2D eigenvalue weighted by molar-refractivity contribution is -0.384. The number of ether oxygens (including phenoxy) is 1. The Morgan fingerprint density at radius 2 is 2.30 bits per heavy atom. The van der Waals surface area contributed by atoms with Crippen LogP contribution in [0.5, 0.6) is 0 Å². The molecule has 0 radical (unpaired) electrons. The molecule has 3 rings (SSSR count).